The molecule has 4 heteroatoms. The second-order valence-electron chi connectivity index (χ2n) is 2.84. The highest BCUT2D eigenvalue weighted by atomic mass is 79.9. The number of para-hydroxylation sites is 1. The quantitative estimate of drug-likeness (QED) is 0.809. The summed E-state index contributed by atoms with van der Waals surface area (Å²) in [6, 6.07) is 8.00. The molecule has 1 aromatic carbocycles. The van der Waals surface area contributed by atoms with Crippen molar-refractivity contribution in [1.29, 1.82) is 0 Å². The first-order chi connectivity index (χ1) is 6.29. The Balaban J connectivity index is 2.36. The number of benzene rings is 1. The summed E-state index contributed by atoms with van der Waals surface area (Å²) in [7, 11) is 0. The van der Waals surface area contributed by atoms with E-state index in [0.717, 1.165) is 23.2 Å². The molecule has 0 atom stereocenters. The monoisotopic (exact) mass is 239 g/mol. The average molecular weight is 240 g/mol. The molecule has 1 aromatic rings. The summed E-state index contributed by atoms with van der Waals surface area (Å²) < 4.78 is 1.05. The Kier molecular flexibility index (Phi) is 2.22. The molecule has 0 radical (unpaired) electrons. The van der Waals surface area contributed by atoms with Gasteiger partial charge >= 0.3 is 0 Å². The molecule has 68 valence electrons. The Morgan fingerprint density at radius 2 is 2.15 bits per heavy atom. The van der Waals surface area contributed by atoms with Crippen molar-refractivity contribution in [2.45, 2.75) is 0 Å². The third kappa shape index (κ3) is 1.54. The molecule has 1 aliphatic rings. The maximum absolute atomic E-state index is 5.73. The minimum absolute atomic E-state index is 0.604. The number of halogens is 1. The molecule has 0 fully saturated rings. The van der Waals surface area contributed by atoms with Crippen molar-refractivity contribution in [3.05, 3.63) is 28.7 Å². The summed E-state index contributed by atoms with van der Waals surface area (Å²) in [5.74, 6) is 0.604. The lowest BCUT2D eigenvalue weighted by Gasteiger charge is -2.18. The fraction of sp³-hybridized carbons (Fsp3) is 0.222. The number of aliphatic imine (C=N–C) groups is 1. The van der Waals surface area contributed by atoms with E-state index in [4.69, 9.17) is 5.73 Å². The topological polar surface area (TPSA) is 41.6 Å². The van der Waals surface area contributed by atoms with Gasteiger partial charge in [-0.2, -0.15) is 0 Å². The van der Waals surface area contributed by atoms with Crippen LogP contribution in [-0.2, 0) is 0 Å². The van der Waals surface area contributed by atoms with Crippen LogP contribution in [-0.4, -0.2) is 19.0 Å². The van der Waals surface area contributed by atoms with Crippen LogP contribution in [0.2, 0.25) is 0 Å². The molecule has 3 nitrogen and oxygen atoms in total. The molecule has 0 amide bonds. The Morgan fingerprint density at radius 1 is 1.38 bits per heavy atom. The van der Waals surface area contributed by atoms with E-state index >= 15 is 0 Å². The normalized spacial score (nSPS) is 16.1. The van der Waals surface area contributed by atoms with E-state index in [0.29, 0.717) is 5.96 Å². The van der Waals surface area contributed by atoms with Gasteiger partial charge in [-0.1, -0.05) is 12.1 Å². The van der Waals surface area contributed by atoms with Crippen molar-refractivity contribution in [2.75, 3.05) is 18.0 Å². The Morgan fingerprint density at radius 3 is 2.77 bits per heavy atom. The van der Waals surface area contributed by atoms with Gasteiger partial charge in [-0.15, -0.1) is 0 Å². The summed E-state index contributed by atoms with van der Waals surface area (Å²) >= 11 is 3.48. The molecular formula is C9H10BrN3. The van der Waals surface area contributed by atoms with Crippen LogP contribution in [0.25, 0.3) is 0 Å². The largest absolute Gasteiger partial charge is 0.370 e. The molecule has 0 unspecified atom stereocenters. The van der Waals surface area contributed by atoms with Gasteiger partial charge in [0.15, 0.2) is 5.96 Å². The molecule has 0 aliphatic carbocycles. The molecule has 1 heterocycles. The molecule has 13 heavy (non-hydrogen) atoms. The standard InChI is InChI=1S/C9H10BrN3/c10-7-3-1-2-4-8(7)13-6-5-12-9(13)11/h1-4H,5-6H2,(H2,11,12). The van der Waals surface area contributed by atoms with Gasteiger partial charge in [-0.3, -0.25) is 4.99 Å². The number of anilines is 1. The van der Waals surface area contributed by atoms with E-state index in [9.17, 15) is 0 Å². The fourth-order valence-corrected chi connectivity index (χ4v) is 1.88. The molecule has 0 spiro atoms. The smallest absolute Gasteiger partial charge is 0.195 e. The molecular weight excluding hydrogens is 230 g/mol. The van der Waals surface area contributed by atoms with Crippen LogP contribution in [0.3, 0.4) is 0 Å². The van der Waals surface area contributed by atoms with Gasteiger partial charge in [0.2, 0.25) is 0 Å². The Hall–Kier alpha value is -1.03. The first-order valence-electron chi connectivity index (χ1n) is 4.11. The molecule has 0 bridgehead atoms. The van der Waals surface area contributed by atoms with Gasteiger partial charge in [-0.25, -0.2) is 0 Å². The van der Waals surface area contributed by atoms with Crippen molar-refractivity contribution in [3.8, 4) is 0 Å². The SMILES string of the molecule is NC1=NCCN1c1ccccc1Br. The van der Waals surface area contributed by atoms with Crippen LogP contribution in [0.4, 0.5) is 5.69 Å². The lowest BCUT2D eigenvalue weighted by Crippen LogP contribution is -2.33. The zero-order chi connectivity index (χ0) is 9.26. The van der Waals surface area contributed by atoms with Gasteiger partial charge in [0.25, 0.3) is 0 Å². The predicted octanol–water partition coefficient (Wildman–Crippen LogP) is 1.58. The van der Waals surface area contributed by atoms with Gasteiger partial charge in [0.05, 0.1) is 12.2 Å². The van der Waals surface area contributed by atoms with Gasteiger partial charge < -0.3 is 10.6 Å². The zero-order valence-corrected chi connectivity index (χ0v) is 8.66. The van der Waals surface area contributed by atoms with Crippen LogP contribution >= 0.6 is 15.9 Å². The third-order valence-corrected chi connectivity index (χ3v) is 2.69. The number of hydrogen-bond donors (Lipinski definition) is 1. The molecule has 0 saturated heterocycles. The summed E-state index contributed by atoms with van der Waals surface area (Å²) in [6.07, 6.45) is 0. The van der Waals surface area contributed by atoms with Crippen molar-refractivity contribution in [1.82, 2.24) is 0 Å². The summed E-state index contributed by atoms with van der Waals surface area (Å²) in [4.78, 5) is 6.14. The minimum atomic E-state index is 0.604. The lowest BCUT2D eigenvalue weighted by atomic mass is 10.3. The Labute approximate surface area is 85.4 Å². The van der Waals surface area contributed by atoms with E-state index in [1.807, 2.05) is 29.2 Å². The van der Waals surface area contributed by atoms with Crippen molar-refractivity contribution in [2.24, 2.45) is 10.7 Å². The fourth-order valence-electron chi connectivity index (χ4n) is 1.38. The lowest BCUT2D eigenvalue weighted by molar-refractivity contribution is 1.02. The highest BCUT2D eigenvalue weighted by Gasteiger charge is 2.16. The Bertz CT molecular complexity index is 348. The highest BCUT2D eigenvalue weighted by Crippen LogP contribution is 2.26. The van der Waals surface area contributed by atoms with E-state index in [1.54, 1.807) is 0 Å². The van der Waals surface area contributed by atoms with Crippen molar-refractivity contribution < 1.29 is 0 Å². The van der Waals surface area contributed by atoms with Gasteiger partial charge in [0.1, 0.15) is 0 Å². The van der Waals surface area contributed by atoms with Crippen LogP contribution in [0.15, 0.2) is 33.7 Å². The molecule has 0 saturated carbocycles. The summed E-state index contributed by atoms with van der Waals surface area (Å²) in [5.41, 5.74) is 6.82. The van der Waals surface area contributed by atoms with Crippen LogP contribution in [0, 0.1) is 0 Å². The first-order valence-corrected chi connectivity index (χ1v) is 4.90. The molecule has 2 rings (SSSR count). The van der Waals surface area contributed by atoms with Crippen LogP contribution in [0.5, 0.6) is 0 Å². The highest BCUT2D eigenvalue weighted by molar-refractivity contribution is 9.10. The van der Waals surface area contributed by atoms with E-state index in [-0.39, 0.29) is 0 Å². The third-order valence-electron chi connectivity index (χ3n) is 2.02. The maximum atomic E-state index is 5.73. The second kappa shape index (κ2) is 3.38. The molecule has 0 aromatic heterocycles. The number of rotatable bonds is 1. The van der Waals surface area contributed by atoms with Crippen molar-refractivity contribution in [3.63, 3.8) is 0 Å². The van der Waals surface area contributed by atoms with E-state index in [2.05, 4.69) is 20.9 Å². The summed E-state index contributed by atoms with van der Waals surface area (Å²) in [6.45, 7) is 1.65. The number of guanidine groups is 1. The van der Waals surface area contributed by atoms with E-state index in [1.165, 1.54) is 0 Å². The van der Waals surface area contributed by atoms with Gasteiger partial charge in [0, 0.05) is 11.0 Å². The number of nitrogens with zero attached hydrogens (tertiary/aromatic N) is 2. The van der Waals surface area contributed by atoms with Crippen molar-refractivity contribution >= 4 is 27.6 Å². The molecule has 1 aliphatic heterocycles. The van der Waals surface area contributed by atoms with Crippen LogP contribution < -0.4 is 10.6 Å². The maximum Gasteiger partial charge on any atom is 0.195 e. The predicted molar refractivity (Wildman–Crippen MR) is 58.0 cm³/mol. The minimum Gasteiger partial charge on any atom is -0.370 e. The number of nitrogens with two attached hydrogens (primary N) is 1. The molecule has 2 N–H and O–H groups in total. The second-order valence-corrected chi connectivity index (χ2v) is 3.70. The average Bonchev–Trinajstić information content (AvgIpc) is 2.52. The summed E-state index contributed by atoms with van der Waals surface area (Å²) in [5, 5.41) is 0. The van der Waals surface area contributed by atoms with Crippen LogP contribution in [0.1, 0.15) is 0 Å². The van der Waals surface area contributed by atoms with Gasteiger partial charge in [-0.05, 0) is 28.1 Å². The number of hydrogen-bond acceptors (Lipinski definition) is 3. The van der Waals surface area contributed by atoms with E-state index < -0.39 is 0 Å². The zero-order valence-electron chi connectivity index (χ0n) is 7.07. The first kappa shape index (κ1) is 8.56.